The summed E-state index contributed by atoms with van der Waals surface area (Å²) < 4.78 is 5.32. The molecule has 2 aliphatic rings. The number of aromatic amines is 1. The van der Waals surface area contributed by atoms with Crippen molar-refractivity contribution in [3.63, 3.8) is 0 Å². The Labute approximate surface area is 147 Å². The van der Waals surface area contributed by atoms with Gasteiger partial charge in [0.1, 0.15) is 5.78 Å². The van der Waals surface area contributed by atoms with Gasteiger partial charge in [0.2, 0.25) is 0 Å². The van der Waals surface area contributed by atoms with Gasteiger partial charge in [0.05, 0.1) is 19.0 Å². The van der Waals surface area contributed by atoms with Crippen LogP contribution in [0.25, 0.3) is 0 Å². The molecule has 25 heavy (non-hydrogen) atoms. The maximum Gasteiger partial charge on any atom is 0.421 e. The number of rotatable bonds is 7. The molecule has 1 heterocycles. The van der Waals surface area contributed by atoms with Crippen molar-refractivity contribution in [1.82, 2.24) is 20.8 Å². The van der Waals surface area contributed by atoms with E-state index in [1.165, 1.54) is 6.92 Å². The third kappa shape index (κ3) is 4.83. The van der Waals surface area contributed by atoms with Crippen molar-refractivity contribution in [2.24, 2.45) is 17.8 Å². The number of hydrogen-bond donors (Lipinski definition) is 3. The molecule has 1 saturated carbocycles. The van der Waals surface area contributed by atoms with Gasteiger partial charge in [-0.15, -0.1) is 11.8 Å². The first-order valence-corrected chi connectivity index (χ1v) is 8.77. The lowest BCUT2D eigenvalue weighted by atomic mass is 10.1. The second kappa shape index (κ2) is 8.17. The van der Waals surface area contributed by atoms with Crippen LogP contribution in [0.1, 0.15) is 38.3 Å². The third-order valence-electron chi connectivity index (χ3n) is 5.06. The molecular formula is C18H24N4O3. The number of fused-ring (bicyclic) bond motifs is 1. The van der Waals surface area contributed by atoms with Gasteiger partial charge in [-0.05, 0) is 37.5 Å². The molecule has 7 heteroatoms. The number of ketones is 1. The summed E-state index contributed by atoms with van der Waals surface area (Å²) in [6.07, 6.45) is 7.16. The van der Waals surface area contributed by atoms with E-state index in [9.17, 15) is 9.59 Å². The smallest absolute Gasteiger partial charge is 0.421 e. The molecule has 0 spiro atoms. The first-order valence-electron chi connectivity index (χ1n) is 8.77. The topological polar surface area (TPSA) is 96.1 Å². The van der Waals surface area contributed by atoms with Gasteiger partial charge in [0, 0.05) is 31.2 Å². The Balaban J connectivity index is 1.38. The number of imidazole rings is 1. The van der Waals surface area contributed by atoms with Gasteiger partial charge >= 0.3 is 6.09 Å². The fourth-order valence-electron chi connectivity index (χ4n) is 3.55. The number of aromatic nitrogens is 2. The maximum atomic E-state index is 11.9. The highest BCUT2D eigenvalue weighted by atomic mass is 16.6. The molecule has 0 saturated heterocycles. The molecule has 0 radical (unpaired) electrons. The summed E-state index contributed by atoms with van der Waals surface area (Å²) in [6, 6.07) is -0.527. The predicted octanol–water partition coefficient (Wildman–Crippen LogP) is 1.58. The predicted molar refractivity (Wildman–Crippen MR) is 91.1 cm³/mol. The van der Waals surface area contributed by atoms with Crippen molar-refractivity contribution in [2.45, 2.75) is 45.1 Å². The fourth-order valence-corrected chi connectivity index (χ4v) is 3.55. The van der Waals surface area contributed by atoms with E-state index in [-0.39, 0.29) is 5.78 Å². The van der Waals surface area contributed by atoms with Crippen molar-refractivity contribution in [3.8, 4) is 11.8 Å². The number of H-pyrrole nitrogens is 1. The summed E-state index contributed by atoms with van der Waals surface area (Å²) in [5.74, 6) is 7.99. The average Bonchev–Trinajstić information content (AvgIpc) is 2.94. The highest BCUT2D eigenvalue weighted by Gasteiger charge is 2.49. The van der Waals surface area contributed by atoms with Crippen molar-refractivity contribution in [3.05, 3.63) is 18.2 Å². The van der Waals surface area contributed by atoms with E-state index in [1.54, 1.807) is 12.5 Å². The van der Waals surface area contributed by atoms with Crippen LogP contribution in [-0.2, 0) is 16.0 Å². The van der Waals surface area contributed by atoms with Crippen molar-refractivity contribution >= 4 is 11.9 Å². The van der Waals surface area contributed by atoms with Crippen LogP contribution >= 0.6 is 0 Å². The van der Waals surface area contributed by atoms with Crippen LogP contribution < -0.4 is 10.9 Å². The van der Waals surface area contributed by atoms with Crippen LogP contribution in [0.2, 0.25) is 0 Å². The summed E-state index contributed by atoms with van der Waals surface area (Å²) in [4.78, 5) is 30.4. The Bertz CT molecular complexity index is 644. The Morgan fingerprint density at radius 1 is 1.36 bits per heavy atom. The fraction of sp³-hybridized carbons (Fsp3) is 0.611. The van der Waals surface area contributed by atoms with E-state index in [1.807, 2.05) is 0 Å². The van der Waals surface area contributed by atoms with E-state index < -0.39 is 12.1 Å². The third-order valence-corrected chi connectivity index (χ3v) is 5.06. The molecule has 3 N–H and O–H groups in total. The molecule has 0 unspecified atom stereocenters. The number of carbonyl (C=O) groups is 2. The number of carbonyl (C=O) groups excluding carboxylic acids is 2. The molecule has 1 aromatic rings. The second-order valence-electron chi connectivity index (χ2n) is 6.73. The molecule has 0 aliphatic heterocycles. The number of hydrogen-bond acceptors (Lipinski definition) is 5. The molecule has 1 amide bonds. The van der Waals surface area contributed by atoms with Crippen molar-refractivity contribution in [1.29, 1.82) is 0 Å². The van der Waals surface area contributed by atoms with Gasteiger partial charge < -0.3 is 9.72 Å². The average molecular weight is 344 g/mol. The summed E-state index contributed by atoms with van der Waals surface area (Å²) >= 11 is 0. The maximum absolute atomic E-state index is 11.9. The Kier molecular flexibility index (Phi) is 5.71. The minimum atomic E-state index is -0.550. The standard InChI is InChI=1S/C18H24N4O3/c1-12(23)17(8-13-9-19-11-20-13)21-22-18(24)25-10-16-14-6-4-2-3-5-7-15(14)16/h9,11,14-17,21H,4-8,10H2,1H3,(H,19,20)(H,22,24)/t14-,15+,16-,17-/m0/s1. The summed E-state index contributed by atoms with van der Waals surface area (Å²) in [5.41, 5.74) is 6.04. The minimum absolute atomic E-state index is 0.0735. The van der Waals surface area contributed by atoms with Gasteiger partial charge in [-0.25, -0.2) is 15.2 Å². The lowest BCUT2D eigenvalue weighted by Gasteiger charge is -2.15. The molecule has 4 atom stereocenters. The van der Waals surface area contributed by atoms with Crippen LogP contribution in [0, 0.1) is 29.6 Å². The normalized spacial score (nSPS) is 25.4. The molecule has 7 nitrogen and oxygen atoms in total. The highest BCUT2D eigenvalue weighted by Crippen LogP contribution is 2.52. The zero-order chi connectivity index (χ0) is 17.6. The Morgan fingerprint density at radius 2 is 2.08 bits per heavy atom. The van der Waals surface area contributed by atoms with Gasteiger partial charge in [0.25, 0.3) is 0 Å². The van der Waals surface area contributed by atoms with E-state index in [2.05, 4.69) is 32.7 Å². The molecular weight excluding hydrogens is 320 g/mol. The van der Waals surface area contributed by atoms with Gasteiger partial charge in [-0.1, -0.05) is 0 Å². The number of amides is 1. The van der Waals surface area contributed by atoms with Crippen molar-refractivity contribution < 1.29 is 14.3 Å². The van der Waals surface area contributed by atoms with Crippen LogP contribution in [0.4, 0.5) is 4.79 Å². The first-order chi connectivity index (χ1) is 12.1. The highest BCUT2D eigenvalue weighted by molar-refractivity contribution is 5.82. The Hall–Kier alpha value is -2.33. The van der Waals surface area contributed by atoms with E-state index in [0.717, 1.165) is 31.4 Å². The minimum Gasteiger partial charge on any atom is -0.448 e. The number of ether oxygens (including phenoxy) is 1. The monoisotopic (exact) mass is 344 g/mol. The summed E-state index contributed by atoms with van der Waals surface area (Å²) in [6.45, 7) is 1.90. The van der Waals surface area contributed by atoms with Crippen LogP contribution in [0.5, 0.6) is 0 Å². The van der Waals surface area contributed by atoms with Gasteiger partial charge in [0.15, 0.2) is 0 Å². The van der Waals surface area contributed by atoms with E-state index in [0.29, 0.717) is 30.8 Å². The second-order valence-corrected chi connectivity index (χ2v) is 6.73. The molecule has 0 aromatic carbocycles. The SMILES string of the molecule is CC(=O)[C@H](Cc1cnc[nH]1)NNC(=O)OC[C@@H]1[C@@H]2CCC#CCC[C@@H]21. The van der Waals surface area contributed by atoms with Crippen LogP contribution in [0.15, 0.2) is 12.5 Å². The first kappa shape index (κ1) is 17.5. The summed E-state index contributed by atoms with van der Waals surface area (Å²) in [7, 11) is 0. The van der Waals surface area contributed by atoms with Crippen molar-refractivity contribution in [2.75, 3.05) is 6.61 Å². The van der Waals surface area contributed by atoms with Gasteiger partial charge in [-0.3, -0.25) is 10.2 Å². The zero-order valence-corrected chi connectivity index (χ0v) is 14.4. The lowest BCUT2D eigenvalue weighted by Crippen LogP contribution is -2.48. The molecule has 2 aliphatic carbocycles. The molecule has 0 bridgehead atoms. The molecule has 3 rings (SSSR count). The molecule has 1 fully saturated rings. The molecule has 134 valence electrons. The number of nitrogens with zero attached hydrogens (tertiary/aromatic N) is 1. The number of Topliss-reactive ketones (excluding diaryl/α,β-unsaturated/α-hetero) is 1. The Morgan fingerprint density at radius 3 is 2.68 bits per heavy atom. The number of hydrazine groups is 1. The largest absolute Gasteiger partial charge is 0.448 e. The number of nitrogens with one attached hydrogen (secondary N) is 3. The summed E-state index contributed by atoms with van der Waals surface area (Å²) in [5, 5.41) is 0. The van der Waals surface area contributed by atoms with E-state index in [4.69, 9.17) is 4.74 Å². The van der Waals surface area contributed by atoms with Crippen LogP contribution in [0.3, 0.4) is 0 Å². The zero-order valence-electron chi connectivity index (χ0n) is 14.4. The molecule has 1 aromatic heterocycles. The lowest BCUT2D eigenvalue weighted by molar-refractivity contribution is -0.119. The van der Waals surface area contributed by atoms with E-state index >= 15 is 0 Å². The quantitative estimate of drug-likeness (QED) is 0.515. The van der Waals surface area contributed by atoms with Gasteiger partial charge in [-0.2, -0.15) is 0 Å². The van der Waals surface area contributed by atoms with Crippen LogP contribution in [-0.4, -0.2) is 34.5 Å².